The fraction of sp³-hybridized carbons (Fsp3) is 0.258. The van der Waals surface area contributed by atoms with Crippen LogP contribution in [-0.2, 0) is 13.6 Å². The maximum Gasteiger partial charge on any atom is 0.264 e. The van der Waals surface area contributed by atoms with Crippen LogP contribution in [0.3, 0.4) is 0 Å². The molecule has 7 nitrogen and oxygen atoms in total. The Morgan fingerprint density at radius 2 is 1.67 bits per heavy atom. The van der Waals surface area contributed by atoms with Crippen LogP contribution in [0.15, 0.2) is 78.9 Å². The maximum absolute atomic E-state index is 13.8. The quantitative estimate of drug-likeness (QED) is 0.291. The number of imidazole rings is 1. The van der Waals surface area contributed by atoms with Gasteiger partial charge in [0.05, 0.1) is 22.5 Å². The Balaban J connectivity index is 1.34. The van der Waals surface area contributed by atoms with Crippen LogP contribution < -0.4 is 4.90 Å². The first-order valence-corrected chi connectivity index (χ1v) is 14.2. The average molecular weight is 538 g/mol. The summed E-state index contributed by atoms with van der Waals surface area (Å²) in [5.74, 6) is 0.792. The summed E-state index contributed by atoms with van der Waals surface area (Å²) in [4.78, 5) is 38.8. The number of hydrogen-bond acceptors (Lipinski definition) is 5. The van der Waals surface area contributed by atoms with Gasteiger partial charge in [0.15, 0.2) is 0 Å². The fourth-order valence-electron chi connectivity index (χ4n) is 5.22. The number of aryl methyl sites for hydroxylation is 1. The van der Waals surface area contributed by atoms with Crippen molar-refractivity contribution in [2.45, 2.75) is 13.5 Å². The number of carbonyl (C=O) groups excluding carboxylic acids is 2. The maximum atomic E-state index is 13.8. The smallest absolute Gasteiger partial charge is 0.264 e. The van der Waals surface area contributed by atoms with E-state index in [-0.39, 0.29) is 11.8 Å². The molecule has 0 saturated carbocycles. The third kappa shape index (κ3) is 4.93. The topological polar surface area (TPSA) is 61.7 Å². The van der Waals surface area contributed by atoms with Gasteiger partial charge in [-0.2, -0.15) is 0 Å². The molecule has 1 saturated heterocycles. The van der Waals surface area contributed by atoms with E-state index in [4.69, 9.17) is 4.98 Å². The van der Waals surface area contributed by atoms with Gasteiger partial charge in [0.1, 0.15) is 5.82 Å². The largest absolute Gasteiger partial charge is 0.335 e. The van der Waals surface area contributed by atoms with Crippen molar-refractivity contribution in [3.05, 3.63) is 95.1 Å². The number of amides is 2. The summed E-state index contributed by atoms with van der Waals surface area (Å²) >= 11 is 1.52. The normalized spacial score (nSPS) is 14.3. The molecule has 3 heterocycles. The number of likely N-dealkylation sites (N-methyl/N-ethyl adjacent to an activating group) is 1. The molecule has 0 bridgehead atoms. The Bertz CT molecular complexity index is 1650. The van der Waals surface area contributed by atoms with E-state index in [1.807, 2.05) is 95.4 Å². The lowest BCUT2D eigenvalue weighted by molar-refractivity contribution is 0.0648. The highest BCUT2D eigenvalue weighted by molar-refractivity contribution is 7.20. The zero-order chi connectivity index (χ0) is 26.9. The first kappa shape index (κ1) is 25.3. The van der Waals surface area contributed by atoms with Gasteiger partial charge in [-0.15, -0.1) is 11.3 Å². The fourth-order valence-corrected chi connectivity index (χ4v) is 6.23. The molecule has 0 N–H and O–H groups in total. The molecule has 3 aromatic carbocycles. The van der Waals surface area contributed by atoms with Gasteiger partial charge in [-0.05, 0) is 60.5 Å². The predicted octanol–water partition coefficient (Wildman–Crippen LogP) is 5.41. The summed E-state index contributed by atoms with van der Waals surface area (Å²) in [6, 6.07) is 25.3. The Labute approximate surface area is 231 Å². The van der Waals surface area contributed by atoms with Crippen LogP contribution in [0.25, 0.3) is 21.1 Å². The van der Waals surface area contributed by atoms with Crippen molar-refractivity contribution in [3.63, 3.8) is 0 Å². The molecule has 5 aromatic rings. The van der Waals surface area contributed by atoms with Gasteiger partial charge in [0.2, 0.25) is 0 Å². The zero-order valence-electron chi connectivity index (χ0n) is 22.2. The number of anilines is 1. The number of piperazine rings is 1. The highest BCUT2D eigenvalue weighted by Crippen LogP contribution is 2.32. The lowest BCUT2D eigenvalue weighted by Crippen LogP contribution is -2.48. The molecule has 0 unspecified atom stereocenters. The Hall–Kier alpha value is -4.01. The van der Waals surface area contributed by atoms with Crippen LogP contribution >= 0.6 is 11.3 Å². The van der Waals surface area contributed by atoms with E-state index >= 15 is 0 Å². The lowest BCUT2D eigenvalue weighted by atomic mass is 10.1. The molecule has 0 aliphatic carbocycles. The van der Waals surface area contributed by atoms with Crippen molar-refractivity contribution in [3.8, 4) is 0 Å². The second-order valence-electron chi connectivity index (χ2n) is 9.89. The SMILES string of the molecule is CCN1CCN(C(=O)c2cc3cc(N(Cc4nc5ccccc5n4C)C(=O)c4ccccc4)ccc3s2)CC1. The minimum atomic E-state index is -0.0951. The summed E-state index contributed by atoms with van der Waals surface area (Å²) in [6.07, 6.45) is 0. The summed E-state index contributed by atoms with van der Waals surface area (Å²) in [5.41, 5.74) is 3.31. The number of thiophene rings is 1. The van der Waals surface area contributed by atoms with Crippen LogP contribution in [0.4, 0.5) is 5.69 Å². The van der Waals surface area contributed by atoms with Gasteiger partial charge in [0, 0.05) is 49.2 Å². The molecule has 1 aliphatic rings. The summed E-state index contributed by atoms with van der Waals surface area (Å²) < 4.78 is 3.07. The van der Waals surface area contributed by atoms with Crippen molar-refractivity contribution in [1.29, 1.82) is 0 Å². The molecule has 6 rings (SSSR count). The minimum absolute atomic E-state index is 0.0884. The monoisotopic (exact) mass is 537 g/mol. The van der Waals surface area contributed by atoms with Crippen molar-refractivity contribution in [2.24, 2.45) is 7.05 Å². The molecule has 8 heteroatoms. The molecule has 198 valence electrons. The van der Waals surface area contributed by atoms with Crippen molar-refractivity contribution in [2.75, 3.05) is 37.6 Å². The third-order valence-electron chi connectivity index (χ3n) is 7.57. The molecular formula is C31H31N5O2S. The number of para-hydroxylation sites is 2. The van der Waals surface area contributed by atoms with E-state index < -0.39 is 0 Å². The molecule has 0 radical (unpaired) electrons. The predicted molar refractivity (Wildman–Crippen MR) is 158 cm³/mol. The second kappa shape index (κ2) is 10.6. The van der Waals surface area contributed by atoms with Gasteiger partial charge in [-0.1, -0.05) is 37.3 Å². The van der Waals surface area contributed by atoms with Gasteiger partial charge in [-0.3, -0.25) is 9.59 Å². The zero-order valence-corrected chi connectivity index (χ0v) is 23.0. The van der Waals surface area contributed by atoms with Gasteiger partial charge in [-0.25, -0.2) is 4.98 Å². The van der Waals surface area contributed by atoms with E-state index in [9.17, 15) is 9.59 Å². The van der Waals surface area contributed by atoms with Crippen LogP contribution in [0.1, 0.15) is 32.8 Å². The van der Waals surface area contributed by atoms with Crippen LogP contribution in [0, 0.1) is 0 Å². The summed E-state index contributed by atoms with van der Waals surface area (Å²) in [5, 5.41) is 0.962. The van der Waals surface area contributed by atoms with E-state index in [2.05, 4.69) is 11.8 Å². The van der Waals surface area contributed by atoms with E-state index in [1.54, 1.807) is 4.90 Å². The molecule has 0 atom stereocenters. The molecule has 2 amide bonds. The molecule has 1 aliphatic heterocycles. The minimum Gasteiger partial charge on any atom is -0.335 e. The molecule has 0 spiro atoms. The van der Waals surface area contributed by atoms with Gasteiger partial charge in [0.25, 0.3) is 11.8 Å². The van der Waals surface area contributed by atoms with Crippen molar-refractivity contribution < 1.29 is 9.59 Å². The number of aromatic nitrogens is 2. The lowest BCUT2D eigenvalue weighted by Gasteiger charge is -2.33. The van der Waals surface area contributed by atoms with Crippen molar-refractivity contribution >= 4 is 50.0 Å². The van der Waals surface area contributed by atoms with Crippen LogP contribution in [0.5, 0.6) is 0 Å². The van der Waals surface area contributed by atoms with Gasteiger partial charge >= 0.3 is 0 Å². The standard InChI is InChI=1S/C31H31N5O2S/c1-3-34-15-17-35(18-16-34)31(38)28-20-23-19-24(13-14-27(23)39-28)36(30(37)22-9-5-4-6-10-22)21-29-32-25-11-7-8-12-26(25)33(29)2/h4-14,19-20H,3,15-18,21H2,1-2H3. The van der Waals surface area contributed by atoms with E-state index in [0.29, 0.717) is 12.1 Å². The second-order valence-corrected chi connectivity index (χ2v) is 11.0. The molecule has 2 aromatic heterocycles. The molecular weight excluding hydrogens is 506 g/mol. The number of fused-ring (bicyclic) bond motifs is 2. The van der Waals surface area contributed by atoms with Crippen molar-refractivity contribution in [1.82, 2.24) is 19.4 Å². The molecule has 39 heavy (non-hydrogen) atoms. The van der Waals surface area contributed by atoms with Crippen LogP contribution in [-0.4, -0.2) is 63.9 Å². The summed E-state index contributed by atoms with van der Waals surface area (Å²) in [7, 11) is 1.98. The van der Waals surface area contributed by atoms with Crippen LogP contribution in [0.2, 0.25) is 0 Å². The highest BCUT2D eigenvalue weighted by Gasteiger charge is 2.24. The number of nitrogens with zero attached hydrogens (tertiary/aromatic N) is 5. The van der Waals surface area contributed by atoms with Gasteiger partial charge < -0.3 is 19.3 Å². The van der Waals surface area contributed by atoms with E-state index in [1.165, 1.54) is 11.3 Å². The summed E-state index contributed by atoms with van der Waals surface area (Å²) in [6.45, 7) is 6.82. The number of carbonyl (C=O) groups is 2. The average Bonchev–Trinajstić information content (AvgIpc) is 3.56. The number of hydrogen-bond donors (Lipinski definition) is 0. The number of benzene rings is 3. The number of rotatable bonds is 6. The highest BCUT2D eigenvalue weighted by atomic mass is 32.1. The Morgan fingerprint density at radius 3 is 2.41 bits per heavy atom. The first-order valence-electron chi connectivity index (χ1n) is 13.3. The van der Waals surface area contributed by atoms with E-state index in [0.717, 1.165) is 70.2 Å². The molecule has 1 fully saturated rings. The Morgan fingerprint density at radius 1 is 0.923 bits per heavy atom. The third-order valence-corrected chi connectivity index (χ3v) is 8.68. The Kier molecular flexibility index (Phi) is 6.89. The first-order chi connectivity index (χ1) is 19.0.